The lowest BCUT2D eigenvalue weighted by molar-refractivity contribution is -0.378. The molecule has 478 valence electrons. The number of allylic oxidation sites excluding steroid dienone is 2. The first-order valence-corrected chi connectivity index (χ1v) is 29.4. The van der Waals surface area contributed by atoms with Gasteiger partial charge in [-0.3, -0.25) is 9.59 Å². The predicted molar refractivity (Wildman–Crippen MR) is 282 cm³/mol. The molecule has 0 unspecified atom stereocenters. The first-order valence-electron chi connectivity index (χ1n) is 29.4. The molecule has 15 N–H and O–H groups in total. The number of carboxylic acid groups (broad SMARTS) is 1. The number of hydrogen-bond donors (Lipinski definition) is 15. The van der Waals surface area contributed by atoms with Crippen LogP contribution in [0.1, 0.15) is 120 Å². The van der Waals surface area contributed by atoms with Crippen LogP contribution in [0.2, 0.25) is 0 Å². The minimum atomic E-state index is -1.95. The number of hydrogen-bond acceptors (Lipinski definition) is 25. The fraction of sp³-hybridized carbons (Fsp3) is 0.930. The molecule has 26 heteroatoms. The Kier molecular flexibility index (Phi) is 20.7. The van der Waals surface area contributed by atoms with Crippen molar-refractivity contribution in [2.24, 2.45) is 45.3 Å². The zero-order valence-electron chi connectivity index (χ0n) is 48.7. The van der Waals surface area contributed by atoms with Crippen LogP contribution in [0.4, 0.5) is 0 Å². The molecule has 4 heterocycles. The highest BCUT2D eigenvalue weighted by atomic mass is 16.8. The Balaban J connectivity index is 0.997. The van der Waals surface area contributed by atoms with Gasteiger partial charge < -0.3 is 119 Å². The van der Waals surface area contributed by atoms with Crippen LogP contribution in [-0.4, -0.2) is 256 Å². The number of rotatable bonds is 19. The Bertz CT molecular complexity index is 2240. The fourth-order valence-electron chi connectivity index (χ4n) is 16.6. The molecule has 8 rings (SSSR count). The van der Waals surface area contributed by atoms with Gasteiger partial charge in [-0.2, -0.15) is 0 Å². The van der Waals surface area contributed by atoms with Crippen molar-refractivity contribution in [3.63, 3.8) is 0 Å². The van der Waals surface area contributed by atoms with E-state index in [1.807, 2.05) is 20.8 Å². The van der Waals surface area contributed by atoms with Gasteiger partial charge in [0.2, 0.25) is 0 Å². The van der Waals surface area contributed by atoms with Crippen molar-refractivity contribution in [3.8, 4) is 0 Å². The van der Waals surface area contributed by atoms with E-state index in [0.717, 1.165) is 24.8 Å². The lowest BCUT2D eigenvalue weighted by atomic mass is 9.35. The Hall–Kier alpha value is -2.20. The van der Waals surface area contributed by atoms with Gasteiger partial charge in [-0.05, 0) is 124 Å². The average molecular weight is 1200 g/mol. The molecule has 4 aliphatic heterocycles. The van der Waals surface area contributed by atoms with Crippen LogP contribution < -0.4 is 0 Å². The van der Waals surface area contributed by atoms with Crippen molar-refractivity contribution in [1.82, 2.24) is 0 Å². The molecular formula is C57H94O26. The molecule has 30 atom stereocenters. The van der Waals surface area contributed by atoms with Crippen LogP contribution in [-0.2, 0) is 52.2 Å². The Labute approximate surface area is 483 Å². The van der Waals surface area contributed by atoms with E-state index >= 15 is 0 Å². The molecule has 4 saturated heterocycles. The van der Waals surface area contributed by atoms with Gasteiger partial charge in [-0.25, -0.2) is 0 Å². The summed E-state index contributed by atoms with van der Waals surface area (Å²) in [4.78, 5) is 23.1. The number of carbonyl (C=O) groups excluding carboxylic acids is 1. The standard InChI is InChI=1S/C57H94O26/c1-24(2)10-9-14-57(8,83-51-47(74)43(70)40(67)30(80-51)23-76-49-45(72)41(68)37(64)27(20-58)77-49)25-11-16-56(7)36(25)26(60)18-32-54(5)15-13-33(53(3,4)31(54)12-17-55(32,56)6)81-52-48(44(71)38(65)28(21-59)78-52)82-50-46(73)42(69)39(66)29(79-50)22-75-35(63)19-34(61)62/h10,25-33,36-52,58-60,64-74H,9,11-23H2,1-8H3,(H,61,62)/t25-,26-,27+,28+,29-,30-,31+,32+,33+,36-,37-,38+,39+,40+,41-,42-,43-,44+,45-,46+,47-,48+,49+,50+,51+,52+,54-,55+,56-,57+/m1/s1. The maximum absolute atomic E-state index is 12.9. The minimum Gasteiger partial charge on any atom is -0.481 e. The van der Waals surface area contributed by atoms with Gasteiger partial charge in [-0.1, -0.05) is 46.3 Å². The normalized spacial score (nSPS) is 49.6. The number of aliphatic hydroxyl groups excluding tert-OH is 14. The van der Waals surface area contributed by atoms with E-state index < -0.39 is 196 Å². The predicted octanol–water partition coefficient (Wildman–Crippen LogP) is -2.18. The van der Waals surface area contributed by atoms with Gasteiger partial charge in [0.25, 0.3) is 0 Å². The van der Waals surface area contributed by atoms with Gasteiger partial charge >= 0.3 is 11.9 Å². The maximum atomic E-state index is 12.9. The molecule has 0 amide bonds. The van der Waals surface area contributed by atoms with Crippen molar-refractivity contribution in [1.29, 1.82) is 0 Å². The second-order valence-corrected chi connectivity index (χ2v) is 26.8. The highest BCUT2D eigenvalue weighted by Gasteiger charge is 2.72. The third kappa shape index (κ3) is 12.5. The van der Waals surface area contributed by atoms with Crippen molar-refractivity contribution in [2.75, 3.05) is 26.4 Å². The molecule has 8 fully saturated rings. The van der Waals surface area contributed by atoms with E-state index in [1.54, 1.807) is 0 Å². The monoisotopic (exact) mass is 1190 g/mol. The summed E-state index contributed by atoms with van der Waals surface area (Å²) in [5.74, 6) is -3.27. The van der Waals surface area contributed by atoms with E-state index in [9.17, 15) is 81.1 Å². The van der Waals surface area contributed by atoms with E-state index in [2.05, 4.69) is 40.7 Å². The minimum absolute atomic E-state index is 0.00720. The Morgan fingerprint density at radius 2 is 1.12 bits per heavy atom. The van der Waals surface area contributed by atoms with Crippen LogP contribution in [0.25, 0.3) is 0 Å². The zero-order valence-corrected chi connectivity index (χ0v) is 48.7. The molecule has 0 aromatic heterocycles. The lowest BCUT2D eigenvalue weighted by Crippen LogP contribution is -2.68. The van der Waals surface area contributed by atoms with E-state index in [4.69, 9.17) is 47.7 Å². The smallest absolute Gasteiger partial charge is 0.317 e. The van der Waals surface area contributed by atoms with Crippen LogP contribution in [0.15, 0.2) is 11.6 Å². The molecule has 83 heavy (non-hydrogen) atoms. The summed E-state index contributed by atoms with van der Waals surface area (Å²) in [6.07, 6.45) is -28.1. The molecule has 8 aliphatic rings. The topological polar surface area (TPSA) is 421 Å². The molecule has 0 spiro atoms. The number of carbonyl (C=O) groups is 2. The molecule has 26 nitrogen and oxygen atoms in total. The van der Waals surface area contributed by atoms with Gasteiger partial charge in [0.05, 0.1) is 37.6 Å². The molecular weight excluding hydrogens is 1100 g/mol. The fourth-order valence-corrected chi connectivity index (χ4v) is 16.6. The van der Waals surface area contributed by atoms with E-state index in [-0.39, 0.29) is 34.5 Å². The number of ether oxygens (including phenoxy) is 9. The summed E-state index contributed by atoms with van der Waals surface area (Å²) in [6.45, 7) is 14.3. The van der Waals surface area contributed by atoms with Crippen LogP contribution in [0.5, 0.6) is 0 Å². The summed E-state index contributed by atoms with van der Waals surface area (Å²) < 4.78 is 54.1. The SMILES string of the molecule is CC(C)=CCC[C@](C)(O[C@@H]1O[C@H](CO[C@H]2O[C@@H](CO)[C@@H](O)[C@@H](O)[C@H]2O)[C@H](O)[C@@H](O)[C@H]1O)[C@@H]1CC[C@]2(C)[C@H]1[C@H](O)C[C@H]1[C@]3(C)CC[C@H](O[C@@H]4O[C@@H](CO)[C@H](O)[C@H](O)[C@@H]4O[C@@H]4O[C@H](COC(=O)CC(=O)O)[C@H](O)[C@@H](O)[C@@H]4O)C(C)(C)[C@@H]3CC[C@@]12C. The van der Waals surface area contributed by atoms with Gasteiger partial charge in [0.1, 0.15) is 111 Å². The van der Waals surface area contributed by atoms with E-state index in [1.165, 1.54) is 0 Å². The summed E-state index contributed by atoms with van der Waals surface area (Å²) in [7, 11) is 0. The first kappa shape index (κ1) is 66.7. The lowest BCUT2D eigenvalue weighted by Gasteiger charge is -2.71. The molecule has 4 aliphatic carbocycles. The van der Waals surface area contributed by atoms with Gasteiger partial charge in [0.15, 0.2) is 25.2 Å². The van der Waals surface area contributed by atoms with Crippen LogP contribution in [0, 0.1) is 45.3 Å². The van der Waals surface area contributed by atoms with Crippen LogP contribution >= 0.6 is 0 Å². The second kappa shape index (κ2) is 25.7. The maximum Gasteiger partial charge on any atom is 0.317 e. The molecule has 0 bridgehead atoms. The number of carboxylic acids is 1. The van der Waals surface area contributed by atoms with Crippen molar-refractivity contribution in [2.45, 2.75) is 260 Å². The van der Waals surface area contributed by atoms with E-state index in [0.29, 0.717) is 38.5 Å². The van der Waals surface area contributed by atoms with Crippen LogP contribution in [0.3, 0.4) is 0 Å². The highest BCUT2D eigenvalue weighted by Crippen LogP contribution is 2.76. The quantitative estimate of drug-likeness (QED) is 0.0283. The number of aliphatic carboxylic acids is 1. The molecule has 0 aromatic rings. The van der Waals surface area contributed by atoms with Gasteiger partial charge in [0, 0.05) is 0 Å². The van der Waals surface area contributed by atoms with Crippen molar-refractivity contribution >= 4 is 11.9 Å². The third-order valence-corrected chi connectivity index (χ3v) is 21.4. The molecule has 4 saturated carbocycles. The zero-order chi connectivity index (χ0) is 61.2. The summed E-state index contributed by atoms with van der Waals surface area (Å²) in [5, 5.41) is 162. The Morgan fingerprint density at radius 1 is 0.590 bits per heavy atom. The first-order chi connectivity index (χ1) is 38.8. The van der Waals surface area contributed by atoms with Crippen molar-refractivity contribution < 1.29 is 129 Å². The highest BCUT2D eigenvalue weighted by molar-refractivity contribution is 5.90. The average Bonchev–Trinajstić information content (AvgIpc) is 1.74. The second-order valence-electron chi connectivity index (χ2n) is 26.8. The Morgan fingerprint density at radius 3 is 1.72 bits per heavy atom. The number of aliphatic hydroxyl groups is 14. The summed E-state index contributed by atoms with van der Waals surface area (Å²) in [6, 6.07) is 0. The molecule has 0 radical (unpaired) electrons. The third-order valence-electron chi connectivity index (χ3n) is 21.4. The number of esters is 1. The summed E-state index contributed by atoms with van der Waals surface area (Å²) >= 11 is 0. The van der Waals surface area contributed by atoms with Crippen molar-refractivity contribution in [3.05, 3.63) is 11.6 Å². The summed E-state index contributed by atoms with van der Waals surface area (Å²) in [5.41, 5.74) is -1.83. The van der Waals surface area contributed by atoms with Gasteiger partial charge in [-0.15, -0.1) is 0 Å². The molecule has 0 aromatic carbocycles. The number of fused-ring (bicyclic) bond motifs is 5. The largest absolute Gasteiger partial charge is 0.481 e.